The van der Waals surface area contributed by atoms with Crippen molar-refractivity contribution in [2.24, 2.45) is 0 Å². The van der Waals surface area contributed by atoms with Crippen LogP contribution < -0.4 is 10.6 Å². The molecular weight excluding hydrogens is 516 g/mol. The van der Waals surface area contributed by atoms with Crippen molar-refractivity contribution in [2.45, 2.75) is 135 Å². The van der Waals surface area contributed by atoms with E-state index in [2.05, 4.69) is 10.6 Å². The van der Waals surface area contributed by atoms with Crippen LogP contribution in [-0.2, 0) is 28.7 Å². The molecule has 0 rings (SSSR count). The molecule has 1 atom stereocenters. The predicted molar refractivity (Wildman–Crippen MR) is 155 cm³/mol. The number of nitrogens with one attached hydrogen (secondary N) is 2. The summed E-state index contributed by atoms with van der Waals surface area (Å²) in [5.41, 5.74) is 0. The van der Waals surface area contributed by atoms with E-state index in [1.54, 1.807) is 0 Å². The molecule has 0 aliphatic heterocycles. The summed E-state index contributed by atoms with van der Waals surface area (Å²) in [6.07, 6.45) is 17.0. The molecule has 0 aromatic carbocycles. The zero-order valence-electron chi connectivity index (χ0n) is 24.9. The predicted octanol–water partition coefficient (Wildman–Crippen LogP) is 5.22. The zero-order chi connectivity index (χ0) is 29.7. The number of rotatable bonds is 30. The van der Waals surface area contributed by atoms with Crippen molar-refractivity contribution in [3.63, 3.8) is 0 Å². The third-order valence-electron chi connectivity index (χ3n) is 6.63. The van der Waals surface area contributed by atoms with Crippen LogP contribution in [0.2, 0.25) is 0 Å². The second-order valence-electron chi connectivity index (χ2n) is 10.4. The van der Waals surface area contributed by atoms with E-state index in [-0.39, 0.29) is 31.1 Å². The number of aliphatic carboxylic acids is 2. The normalized spacial score (nSPS) is 11.7. The first-order valence-electron chi connectivity index (χ1n) is 15.5. The summed E-state index contributed by atoms with van der Waals surface area (Å²) in [6.45, 7) is 4.42. The van der Waals surface area contributed by atoms with Crippen LogP contribution in [0.5, 0.6) is 0 Å². The highest BCUT2D eigenvalue weighted by molar-refractivity contribution is 5.84. The molecule has 40 heavy (non-hydrogen) atoms. The van der Waals surface area contributed by atoms with E-state index in [1.807, 2.05) is 6.92 Å². The number of hydrogen-bond acceptors (Lipinski definition) is 6. The van der Waals surface area contributed by atoms with Crippen LogP contribution in [0.3, 0.4) is 0 Å². The topological polar surface area (TPSA) is 151 Å². The highest BCUT2D eigenvalue weighted by atomic mass is 16.5. The number of carboxylic acids is 2. The van der Waals surface area contributed by atoms with Gasteiger partial charge in [-0.15, -0.1) is 0 Å². The highest BCUT2D eigenvalue weighted by Gasteiger charge is 2.20. The lowest BCUT2D eigenvalue weighted by atomic mass is 10.0. The molecule has 10 heteroatoms. The Morgan fingerprint density at radius 1 is 0.600 bits per heavy atom. The van der Waals surface area contributed by atoms with E-state index in [0.717, 1.165) is 51.4 Å². The minimum absolute atomic E-state index is 0.0193. The Bertz CT molecular complexity index is 660. The van der Waals surface area contributed by atoms with Gasteiger partial charge >= 0.3 is 11.9 Å². The van der Waals surface area contributed by atoms with E-state index < -0.39 is 18.0 Å². The van der Waals surface area contributed by atoms with Gasteiger partial charge in [0, 0.05) is 32.4 Å². The van der Waals surface area contributed by atoms with Crippen LogP contribution in [0.1, 0.15) is 129 Å². The van der Waals surface area contributed by atoms with Gasteiger partial charge in [0.15, 0.2) is 0 Å². The van der Waals surface area contributed by atoms with E-state index in [4.69, 9.17) is 14.6 Å². The lowest BCUT2D eigenvalue weighted by Gasteiger charge is -2.14. The Balaban J connectivity index is 3.64. The van der Waals surface area contributed by atoms with Gasteiger partial charge in [0.2, 0.25) is 11.8 Å². The standard InChI is InChI=1S/C30H56N2O8/c1-2-22-39-24-25-40-23-21-31-27(33)20-19-26(30(37)38)32-28(34)17-15-13-11-9-7-5-3-4-6-8-10-12-14-16-18-29(35)36/h26H,2-25H2,1H3,(H,31,33)(H,32,34)(H,35,36)(H,37,38)/t26-/m0/s1. The summed E-state index contributed by atoms with van der Waals surface area (Å²) in [5, 5.41) is 23.2. The maximum Gasteiger partial charge on any atom is 0.326 e. The molecule has 4 N–H and O–H groups in total. The fourth-order valence-electron chi connectivity index (χ4n) is 4.30. The number of carboxylic acid groups (broad SMARTS) is 2. The number of carbonyl (C=O) groups excluding carboxylic acids is 2. The van der Waals surface area contributed by atoms with Gasteiger partial charge in [-0.1, -0.05) is 84.0 Å². The zero-order valence-corrected chi connectivity index (χ0v) is 24.9. The molecule has 0 aromatic rings. The van der Waals surface area contributed by atoms with Gasteiger partial charge in [0.25, 0.3) is 0 Å². The van der Waals surface area contributed by atoms with Crippen LogP contribution in [0.15, 0.2) is 0 Å². The average Bonchev–Trinajstić information content (AvgIpc) is 2.91. The van der Waals surface area contributed by atoms with Crippen molar-refractivity contribution >= 4 is 23.8 Å². The number of ether oxygens (including phenoxy) is 2. The van der Waals surface area contributed by atoms with E-state index in [0.29, 0.717) is 39.4 Å². The summed E-state index contributed by atoms with van der Waals surface area (Å²) in [5.74, 6) is -2.39. The number of hydrogen-bond donors (Lipinski definition) is 4. The lowest BCUT2D eigenvalue weighted by molar-refractivity contribution is -0.142. The molecule has 0 saturated heterocycles. The molecule has 0 bridgehead atoms. The number of amides is 2. The van der Waals surface area contributed by atoms with Crippen LogP contribution in [-0.4, -0.2) is 73.0 Å². The Morgan fingerprint density at radius 3 is 1.55 bits per heavy atom. The minimum Gasteiger partial charge on any atom is -0.481 e. The largest absolute Gasteiger partial charge is 0.481 e. The Kier molecular flexibility index (Phi) is 26.8. The van der Waals surface area contributed by atoms with Gasteiger partial charge in [0.05, 0.1) is 19.8 Å². The van der Waals surface area contributed by atoms with Crippen molar-refractivity contribution in [1.29, 1.82) is 0 Å². The first-order valence-corrected chi connectivity index (χ1v) is 15.5. The molecule has 0 heterocycles. The fraction of sp³-hybridized carbons (Fsp3) is 0.867. The summed E-state index contributed by atoms with van der Waals surface area (Å²) in [4.78, 5) is 46.1. The molecular formula is C30H56N2O8. The van der Waals surface area contributed by atoms with Crippen molar-refractivity contribution in [3.05, 3.63) is 0 Å². The van der Waals surface area contributed by atoms with Crippen LogP contribution in [0.25, 0.3) is 0 Å². The smallest absolute Gasteiger partial charge is 0.326 e. The summed E-state index contributed by atoms with van der Waals surface area (Å²) in [7, 11) is 0. The first kappa shape index (κ1) is 37.8. The summed E-state index contributed by atoms with van der Waals surface area (Å²) < 4.78 is 10.6. The molecule has 0 saturated carbocycles. The van der Waals surface area contributed by atoms with Gasteiger partial charge in [-0.2, -0.15) is 0 Å². The molecule has 0 aliphatic carbocycles. The molecule has 10 nitrogen and oxygen atoms in total. The van der Waals surface area contributed by atoms with Gasteiger partial charge in [-0.25, -0.2) is 4.79 Å². The fourth-order valence-corrected chi connectivity index (χ4v) is 4.30. The van der Waals surface area contributed by atoms with E-state index in [9.17, 15) is 24.3 Å². The second kappa shape index (κ2) is 28.3. The highest BCUT2D eigenvalue weighted by Crippen LogP contribution is 2.14. The second-order valence-corrected chi connectivity index (χ2v) is 10.4. The molecule has 2 amide bonds. The van der Waals surface area contributed by atoms with Crippen molar-refractivity contribution in [3.8, 4) is 0 Å². The number of unbranched alkanes of at least 4 members (excludes halogenated alkanes) is 13. The summed E-state index contributed by atoms with van der Waals surface area (Å²) in [6, 6.07) is -1.07. The van der Waals surface area contributed by atoms with Gasteiger partial charge in [-0.05, 0) is 25.7 Å². The average molecular weight is 573 g/mol. The number of carbonyl (C=O) groups is 4. The molecule has 0 fully saturated rings. The molecule has 0 spiro atoms. The molecule has 234 valence electrons. The molecule has 0 unspecified atom stereocenters. The first-order chi connectivity index (χ1) is 19.4. The molecule has 0 aliphatic rings. The van der Waals surface area contributed by atoms with E-state index in [1.165, 1.54) is 44.9 Å². The maximum absolute atomic E-state index is 12.2. The van der Waals surface area contributed by atoms with Crippen LogP contribution in [0, 0.1) is 0 Å². The van der Waals surface area contributed by atoms with Crippen LogP contribution in [0.4, 0.5) is 0 Å². The third-order valence-corrected chi connectivity index (χ3v) is 6.63. The van der Waals surface area contributed by atoms with Crippen molar-refractivity contribution in [2.75, 3.05) is 33.0 Å². The monoisotopic (exact) mass is 572 g/mol. The van der Waals surface area contributed by atoms with Gasteiger partial charge in [0.1, 0.15) is 6.04 Å². The Hall–Kier alpha value is -2.20. The quantitative estimate of drug-likeness (QED) is 0.0855. The summed E-state index contributed by atoms with van der Waals surface area (Å²) >= 11 is 0. The third kappa shape index (κ3) is 27.4. The van der Waals surface area contributed by atoms with Crippen LogP contribution >= 0.6 is 0 Å². The van der Waals surface area contributed by atoms with Gasteiger partial charge in [-0.3, -0.25) is 14.4 Å². The Morgan fingerprint density at radius 2 is 1.07 bits per heavy atom. The minimum atomic E-state index is -1.13. The van der Waals surface area contributed by atoms with E-state index >= 15 is 0 Å². The molecule has 0 aromatic heterocycles. The maximum atomic E-state index is 12.2. The van der Waals surface area contributed by atoms with Crippen molar-refractivity contribution in [1.82, 2.24) is 10.6 Å². The Labute approximate surface area is 241 Å². The molecule has 0 radical (unpaired) electrons. The van der Waals surface area contributed by atoms with Crippen molar-refractivity contribution < 1.29 is 38.9 Å². The SMILES string of the molecule is CCCOCCOCCNC(=O)CC[C@H](NC(=O)CCCCCCCCCCCCCCCCC(=O)O)C(=O)O. The van der Waals surface area contributed by atoms with Gasteiger partial charge < -0.3 is 30.3 Å². The lowest BCUT2D eigenvalue weighted by Crippen LogP contribution is -2.41.